The lowest BCUT2D eigenvalue weighted by molar-refractivity contribution is 0.0600. The van der Waals surface area contributed by atoms with E-state index < -0.39 is 21.7 Å². The minimum Gasteiger partial charge on any atom is -0.465 e. The number of rotatable bonds is 4. The van der Waals surface area contributed by atoms with Crippen molar-refractivity contribution in [2.45, 2.75) is 5.16 Å². The van der Waals surface area contributed by atoms with Crippen molar-refractivity contribution < 1.29 is 22.7 Å². The summed E-state index contributed by atoms with van der Waals surface area (Å²) in [6.45, 7) is 0. The number of ether oxygens (including phenoxy) is 1. The van der Waals surface area contributed by atoms with Gasteiger partial charge in [0.15, 0.2) is 5.69 Å². The number of methoxy groups -OCH3 is 1. The van der Waals surface area contributed by atoms with E-state index >= 15 is 0 Å². The maximum atomic E-state index is 12.9. The highest BCUT2D eigenvalue weighted by atomic mass is 32.2. The molecule has 2 heterocycles. The van der Waals surface area contributed by atoms with Gasteiger partial charge in [0.25, 0.3) is 5.91 Å². The molecule has 0 unspecified atom stereocenters. The fourth-order valence-corrected chi connectivity index (χ4v) is 4.06. The molecule has 0 fully saturated rings. The van der Waals surface area contributed by atoms with Crippen molar-refractivity contribution in [2.75, 3.05) is 18.7 Å². The Morgan fingerprint density at radius 2 is 1.68 bits per heavy atom. The molecule has 0 bridgehead atoms. The Labute approximate surface area is 196 Å². The van der Waals surface area contributed by atoms with Crippen molar-refractivity contribution in [2.24, 2.45) is 0 Å². The van der Waals surface area contributed by atoms with Crippen molar-refractivity contribution in [3.63, 3.8) is 0 Å². The van der Waals surface area contributed by atoms with Crippen molar-refractivity contribution in [3.8, 4) is 11.8 Å². The number of sulfone groups is 1. The average Bonchev–Trinajstić information content (AvgIpc) is 3.23. The highest BCUT2D eigenvalue weighted by molar-refractivity contribution is 7.90. The minimum atomic E-state index is -3.64. The number of aromatic nitrogens is 2. The molecule has 2 aromatic carbocycles. The zero-order valence-electron chi connectivity index (χ0n) is 18.3. The number of nitrogens with one attached hydrogen (secondary N) is 1. The molecule has 0 aliphatic carbocycles. The second kappa shape index (κ2) is 9.21. The molecule has 0 radical (unpaired) electrons. The summed E-state index contributed by atoms with van der Waals surface area (Å²) in [4.78, 5) is 28.7. The number of imidazole rings is 1. The first kappa shape index (κ1) is 22.8. The van der Waals surface area contributed by atoms with Crippen molar-refractivity contribution in [1.29, 1.82) is 0 Å². The molecule has 0 saturated heterocycles. The number of hydrogen-bond donors (Lipinski definition) is 1. The van der Waals surface area contributed by atoms with E-state index in [4.69, 9.17) is 4.74 Å². The third kappa shape index (κ3) is 4.82. The number of nitrogens with zero attached hydrogens (tertiary/aromatic N) is 2. The molecule has 9 heteroatoms. The Morgan fingerprint density at radius 1 is 0.971 bits per heavy atom. The highest BCUT2D eigenvalue weighted by Crippen LogP contribution is 2.19. The van der Waals surface area contributed by atoms with Crippen LogP contribution < -0.4 is 5.32 Å². The summed E-state index contributed by atoms with van der Waals surface area (Å²) in [5.41, 5.74) is 2.51. The number of carbonyl (C=O) groups is 2. The van der Waals surface area contributed by atoms with Gasteiger partial charge in [0.2, 0.25) is 15.0 Å². The van der Waals surface area contributed by atoms with Gasteiger partial charge in [0, 0.05) is 29.3 Å². The molecular weight excluding hydrogens is 454 g/mol. The van der Waals surface area contributed by atoms with E-state index in [-0.39, 0.29) is 10.9 Å². The topological polar surface area (TPSA) is 107 Å². The van der Waals surface area contributed by atoms with Crippen LogP contribution in [0.5, 0.6) is 0 Å². The second-order valence-corrected chi connectivity index (χ2v) is 9.24. The number of benzene rings is 2. The summed E-state index contributed by atoms with van der Waals surface area (Å²) in [7, 11) is -2.33. The van der Waals surface area contributed by atoms with Crippen LogP contribution in [0, 0.1) is 11.8 Å². The highest BCUT2D eigenvalue weighted by Gasteiger charge is 2.22. The first-order valence-electron chi connectivity index (χ1n) is 10.1. The fraction of sp³-hybridized carbons (Fsp3) is 0.0800. The van der Waals surface area contributed by atoms with Crippen LogP contribution in [-0.2, 0) is 14.6 Å². The zero-order chi connectivity index (χ0) is 24.3. The molecule has 1 N–H and O–H groups in total. The molecule has 34 heavy (non-hydrogen) atoms. The average molecular weight is 474 g/mol. The fourth-order valence-electron chi connectivity index (χ4n) is 3.29. The van der Waals surface area contributed by atoms with E-state index in [9.17, 15) is 18.0 Å². The largest absolute Gasteiger partial charge is 0.465 e. The lowest BCUT2D eigenvalue weighted by atomic mass is 10.1. The van der Waals surface area contributed by atoms with Crippen LogP contribution in [0.15, 0.2) is 78.1 Å². The van der Waals surface area contributed by atoms with Gasteiger partial charge in [-0.05, 0) is 48.5 Å². The number of fused-ring (bicyclic) bond motifs is 1. The van der Waals surface area contributed by atoms with E-state index in [2.05, 4.69) is 22.1 Å². The van der Waals surface area contributed by atoms with Gasteiger partial charge in [-0.1, -0.05) is 30.0 Å². The van der Waals surface area contributed by atoms with Gasteiger partial charge < -0.3 is 10.1 Å². The van der Waals surface area contributed by atoms with Crippen LogP contribution >= 0.6 is 0 Å². The summed E-state index contributed by atoms with van der Waals surface area (Å²) < 4.78 is 30.3. The third-order valence-electron chi connectivity index (χ3n) is 4.82. The normalized spacial score (nSPS) is 10.9. The van der Waals surface area contributed by atoms with E-state index in [0.29, 0.717) is 27.9 Å². The zero-order valence-corrected chi connectivity index (χ0v) is 19.1. The molecule has 1 amide bonds. The standard InChI is InChI=1S/C25H19N3O5S/c1-33-24(30)19-9-5-7-17(15-19)12-13-18-8-6-10-20(16-18)26-23(29)22-21-11-3-4-14-28(21)25(27-22)34(2,31)32/h3-11,14-16H,1-2H3,(H,26,29). The van der Waals surface area contributed by atoms with Crippen molar-refractivity contribution in [1.82, 2.24) is 9.38 Å². The number of hydrogen-bond acceptors (Lipinski definition) is 6. The summed E-state index contributed by atoms with van der Waals surface area (Å²) in [6.07, 6.45) is 2.58. The molecular formula is C25H19N3O5S. The van der Waals surface area contributed by atoms with E-state index in [1.165, 1.54) is 11.5 Å². The number of anilines is 1. The van der Waals surface area contributed by atoms with Gasteiger partial charge in [-0.3, -0.25) is 9.20 Å². The van der Waals surface area contributed by atoms with Crippen LogP contribution in [0.4, 0.5) is 5.69 Å². The number of amides is 1. The van der Waals surface area contributed by atoms with Gasteiger partial charge >= 0.3 is 5.97 Å². The second-order valence-electron chi connectivity index (χ2n) is 7.33. The van der Waals surface area contributed by atoms with Crippen LogP contribution in [0.3, 0.4) is 0 Å². The van der Waals surface area contributed by atoms with Gasteiger partial charge in [-0.2, -0.15) is 0 Å². The quantitative estimate of drug-likeness (QED) is 0.360. The Morgan fingerprint density at radius 3 is 2.38 bits per heavy atom. The van der Waals surface area contributed by atoms with Gasteiger partial charge in [0.05, 0.1) is 18.2 Å². The lowest BCUT2D eigenvalue weighted by Gasteiger charge is -2.04. The van der Waals surface area contributed by atoms with Crippen LogP contribution in [0.1, 0.15) is 32.0 Å². The Balaban J connectivity index is 1.60. The number of esters is 1. The predicted molar refractivity (Wildman–Crippen MR) is 126 cm³/mol. The minimum absolute atomic E-state index is 0.00265. The third-order valence-corrected chi connectivity index (χ3v) is 5.77. The van der Waals surface area contributed by atoms with Gasteiger partial charge in [0.1, 0.15) is 0 Å². The number of pyridine rings is 1. The maximum absolute atomic E-state index is 12.9. The molecule has 4 rings (SSSR count). The van der Waals surface area contributed by atoms with Crippen LogP contribution in [-0.4, -0.2) is 43.0 Å². The van der Waals surface area contributed by atoms with Crippen LogP contribution in [0.25, 0.3) is 5.52 Å². The first-order chi connectivity index (χ1) is 16.3. The van der Waals surface area contributed by atoms with E-state index in [0.717, 1.165) is 6.26 Å². The molecule has 0 aliphatic heterocycles. The molecule has 8 nitrogen and oxygen atoms in total. The summed E-state index contributed by atoms with van der Waals surface area (Å²) in [5, 5.41) is 2.54. The molecule has 4 aromatic rings. The summed E-state index contributed by atoms with van der Waals surface area (Å²) >= 11 is 0. The number of carbonyl (C=O) groups excluding carboxylic acids is 2. The Hall–Kier alpha value is -4.42. The maximum Gasteiger partial charge on any atom is 0.337 e. The lowest BCUT2D eigenvalue weighted by Crippen LogP contribution is -2.13. The van der Waals surface area contributed by atoms with E-state index in [1.54, 1.807) is 72.9 Å². The molecule has 2 aromatic heterocycles. The van der Waals surface area contributed by atoms with Crippen molar-refractivity contribution >= 4 is 32.9 Å². The van der Waals surface area contributed by atoms with E-state index in [1.807, 2.05) is 0 Å². The molecule has 170 valence electrons. The smallest absolute Gasteiger partial charge is 0.337 e. The van der Waals surface area contributed by atoms with Crippen molar-refractivity contribution in [3.05, 3.63) is 95.3 Å². The summed E-state index contributed by atoms with van der Waals surface area (Å²) in [6, 6.07) is 18.6. The van der Waals surface area contributed by atoms with Gasteiger partial charge in [-0.25, -0.2) is 18.2 Å². The molecule has 0 spiro atoms. The molecule has 0 aliphatic rings. The Bertz CT molecular complexity index is 1590. The van der Waals surface area contributed by atoms with Gasteiger partial charge in [-0.15, -0.1) is 0 Å². The monoisotopic (exact) mass is 473 g/mol. The predicted octanol–water partition coefficient (Wildman–Crippen LogP) is 3.18. The summed E-state index contributed by atoms with van der Waals surface area (Å²) in [5.74, 6) is 4.99. The SMILES string of the molecule is COC(=O)c1cccc(C#Cc2cccc(NC(=O)c3nc(S(C)(=O)=O)n4ccccc34)c2)c1. The molecule has 0 saturated carbocycles. The Kier molecular flexibility index (Phi) is 6.17. The van der Waals surface area contributed by atoms with Crippen LogP contribution in [0.2, 0.25) is 0 Å². The molecule has 0 atom stereocenters. The first-order valence-corrected chi connectivity index (χ1v) is 11.9.